The Kier molecular flexibility index (Phi) is 6.22. The monoisotopic (exact) mass is 255 g/mol. The van der Waals surface area contributed by atoms with E-state index in [1.807, 2.05) is 11.3 Å². The molecule has 0 aromatic carbocycles. The fraction of sp³-hybridized carbons (Fsp3) is 0.615. The zero-order valence-corrected chi connectivity index (χ0v) is 11.7. The first kappa shape index (κ1) is 14.2. The number of carbonyl (C=O) groups is 1. The lowest BCUT2D eigenvalue weighted by Crippen LogP contribution is -2.23. The summed E-state index contributed by atoms with van der Waals surface area (Å²) in [6.07, 6.45) is 2.48. The minimum Gasteiger partial charge on any atom is -0.469 e. The van der Waals surface area contributed by atoms with Gasteiger partial charge >= 0.3 is 5.97 Å². The number of ether oxygens (including phenoxy) is 1. The SMILES string of the molecule is COC(=O)CCCN(C)CCc1sccc1C. The maximum Gasteiger partial charge on any atom is 0.305 e. The smallest absolute Gasteiger partial charge is 0.305 e. The molecule has 0 radical (unpaired) electrons. The van der Waals surface area contributed by atoms with Crippen LogP contribution >= 0.6 is 11.3 Å². The van der Waals surface area contributed by atoms with E-state index < -0.39 is 0 Å². The Hall–Kier alpha value is -0.870. The number of hydrogen-bond donors (Lipinski definition) is 0. The number of hydrogen-bond acceptors (Lipinski definition) is 4. The van der Waals surface area contributed by atoms with Gasteiger partial charge in [0.05, 0.1) is 7.11 Å². The molecule has 0 fully saturated rings. The van der Waals surface area contributed by atoms with Gasteiger partial charge in [0.2, 0.25) is 0 Å². The molecule has 3 nitrogen and oxygen atoms in total. The molecule has 1 aromatic heterocycles. The number of aryl methyl sites for hydroxylation is 1. The standard InChI is InChI=1S/C13H21NO2S/c1-11-7-10-17-12(11)6-9-14(2)8-4-5-13(15)16-3/h7,10H,4-6,8-9H2,1-3H3. The third kappa shape index (κ3) is 5.33. The van der Waals surface area contributed by atoms with Crippen LogP contribution in [0.25, 0.3) is 0 Å². The Morgan fingerprint density at radius 1 is 1.47 bits per heavy atom. The molecule has 96 valence electrons. The van der Waals surface area contributed by atoms with Gasteiger partial charge < -0.3 is 9.64 Å². The maximum atomic E-state index is 10.9. The lowest BCUT2D eigenvalue weighted by atomic mass is 10.2. The second-order valence-corrected chi connectivity index (χ2v) is 5.26. The summed E-state index contributed by atoms with van der Waals surface area (Å²) in [6.45, 7) is 4.14. The predicted molar refractivity (Wildman–Crippen MR) is 71.5 cm³/mol. The average molecular weight is 255 g/mol. The zero-order chi connectivity index (χ0) is 12.7. The van der Waals surface area contributed by atoms with Gasteiger partial charge in [-0.2, -0.15) is 0 Å². The van der Waals surface area contributed by atoms with E-state index in [1.165, 1.54) is 17.6 Å². The molecule has 0 N–H and O–H groups in total. The molecule has 0 bridgehead atoms. The van der Waals surface area contributed by atoms with Crippen LogP contribution in [0.5, 0.6) is 0 Å². The first-order chi connectivity index (χ1) is 8.13. The molecule has 0 amide bonds. The van der Waals surface area contributed by atoms with E-state index in [2.05, 4.69) is 35.1 Å². The highest BCUT2D eigenvalue weighted by atomic mass is 32.1. The Morgan fingerprint density at radius 2 is 2.24 bits per heavy atom. The van der Waals surface area contributed by atoms with Crippen molar-refractivity contribution in [1.29, 1.82) is 0 Å². The van der Waals surface area contributed by atoms with Gasteiger partial charge in [-0.3, -0.25) is 4.79 Å². The van der Waals surface area contributed by atoms with Crippen molar-refractivity contribution in [3.63, 3.8) is 0 Å². The molecule has 1 heterocycles. The molecule has 4 heteroatoms. The third-order valence-corrected chi connectivity index (χ3v) is 3.92. The van der Waals surface area contributed by atoms with Gasteiger partial charge in [0.15, 0.2) is 0 Å². The molecule has 0 saturated heterocycles. The average Bonchev–Trinajstić information content (AvgIpc) is 2.72. The molecule has 0 aliphatic carbocycles. The number of nitrogens with zero attached hydrogens (tertiary/aromatic N) is 1. The fourth-order valence-corrected chi connectivity index (χ4v) is 2.56. The molecule has 0 spiro atoms. The summed E-state index contributed by atoms with van der Waals surface area (Å²) in [5.74, 6) is -0.118. The van der Waals surface area contributed by atoms with Crippen LogP contribution in [0.3, 0.4) is 0 Å². The molecular formula is C13H21NO2S. The summed E-state index contributed by atoms with van der Waals surface area (Å²) >= 11 is 1.82. The van der Waals surface area contributed by atoms with Crippen LogP contribution in [0.15, 0.2) is 11.4 Å². The van der Waals surface area contributed by atoms with Crippen molar-refractivity contribution in [2.24, 2.45) is 0 Å². The first-order valence-corrected chi connectivity index (χ1v) is 6.79. The number of thiophene rings is 1. The van der Waals surface area contributed by atoms with Crippen LogP contribution in [-0.4, -0.2) is 38.1 Å². The number of methoxy groups -OCH3 is 1. The van der Waals surface area contributed by atoms with Crippen molar-refractivity contribution >= 4 is 17.3 Å². The summed E-state index contributed by atoms with van der Waals surface area (Å²) < 4.78 is 4.61. The summed E-state index contributed by atoms with van der Waals surface area (Å²) in [6, 6.07) is 2.16. The van der Waals surface area contributed by atoms with Gasteiger partial charge in [-0.1, -0.05) is 0 Å². The van der Waals surface area contributed by atoms with Crippen molar-refractivity contribution in [1.82, 2.24) is 4.90 Å². The largest absolute Gasteiger partial charge is 0.469 e. The Morgan fingerprint density at radius 3 is 2.82 bits per heavy atom. The van der Waals surface area contributed by atoms with Crippen molar-refractivity contribution in [2.45, 2.75) is 26.2 Å². The Bertz CT molecular complexity index is 349. The molecule has 1 rings (SSSR count). The number of rotatable bonds is 7. The van der Waals surface area contributed by atoms with Gasteiger partial charge in [-0.25, -0.2) is 0 Å². The molecule has 1 aromatic rings. The van der Waals surface area contributed by atoms with Crippen LogP contribution in [-0.2, 0) is 16.0 Å². The molecule has 17 heavy (non-hydrogen) atoms. The molecule has 0 atom stereocenters. The van der Waals surface area contributed by atoms with Crippen LogP contribution in [0.2, 0.25) is 0 Å². The summed E-state index contributed by atoms with van der Waals surface area (Å²) in [7, 11) is 3.53. The van der Waals surface area contributed by atoms with Gasteiger partial charge in [-0.15, -0.1) is 11.3 Å². The van der Waals surface area contributed by atoms with Gasteiger partial charge in [0, 0.05) is 17.8 Å². The minimum absolute atomic E-state index is 0.118. The summed E-state index contributed by atoms with van der Waals surface area (Å²) in [5.41, 5.74) is 1.39. The first-order valence-electron chi connectivity index (χ1n) is 5.92. The van der Waals surface area contributed by atoms with Crippen molar-refractivity contribution in [3.8, 4) is 0 Å². The van der Waals surface area contributed by atoms with E-state index in [0.29, 0.717) is 6.42 Å². The Balaban J connectivity index is 2.15. The van der Waals surface area contributed by atoms with E-state index in [-0.39, 0.29) is 5.97 Å². The van der Waals surface area contributed by atoms with E-state index in [1.54, 1.807) is 0 Å². The van der Waals surface area contributed by atoms with Gasteiger partial charge in [-0.05, 0) is 50.4 Å². The molecular weight excluding hydrogens is 234 g/mol. The van der Waals surface area contributed by atoms with Gasteiger partial charge in [0.1, 0.15) is 0 Å². The van der Waals surface area contributed by atoms with Gasteiger partial charge in [0.25, 0.3) is 0 Å². The maximum absolute atomic E-state index is 10.9. The topological polar surface area (TPSA) is 29.5 Å². The summed E-state index contributed by atoms with van der Waals surface area (Å²) in [4.78, 5) is 14.7. The minimum atomic E-state index is -0.118. The van der Waals surface area contributed by atoms with E-state index >= 15 is 0 Å². The summed E-state index contributed by atoms with van der Waals surface area (Å²) in [5, 5.41) is 2.14. The Labute approximate surface area is 107 Å². The lowest BCUT2D eigenvalue weighted by molar-refractivity contribution is -0.140. The third-order valence-electron chi connectivity index (χ3n) is 2.84. The van der Waals surface area contributed by atoms with E-state index in [0.717, 1.165) is 25.9 Å². The van der Waals surface area contributed by atoms with Crippen molar-refractivity contribution < 1.29 is 9.53 Å². The van der Waals surface area contributed by atoms with E-state index in [4.69, 9.17) is 0 Å². The molecule has 0 aliphatic heterocycles. The van der Waals surface area contributed by atoms with Crippen molar-refractivity contribution in [3.05, 3.63) is 21.9 Å². The van der Waals surface area contributed by atoms with Crippen LogP contribution in [0.1, 0.15) is 23.3 Å². The highest BCUT2D eigenvalue weighted by Crippen LogP contribution is 2.16. The normalized spacial score (nSPS) is 10.8. The number of esters is 1. The van der Waals surface area contributed by atoms with Crippen molar-refractivity contribution in [2.75, 3.05) is 27.2 Å². The molecule has 0 aliphatic rings. The zero-order valence-electron chi connectivity index (χ0n) is 10.9. The predicted octanol–water partition coefficient (Wildman–Crippen LogP) is 2.48. The van der Waals surface area contributed by atoms with Crippen LogP contribution in [0, 0.1) is 6.92 Å². The highest BCUT2D eigenvalue weighted by molar-refractivity contribution is 7.10. The quantitative estimate of drug-likeness (QED) is 0.701. The second kappa shape index (κ2) is 7.45. The fourth-order valence-electron chi connectivity index (χ4n) is 1.66. The molecule has 0 unspecified atom stereocenters. The number of carbonyl (C=O) groups excluding carboxylic acids is 1. The lowest BCUT2D eigenvalue weighted by Gasteiger charge is -2.15. The van der Waals surface area contributed by atoms with Crippen LogP contribution < -0.4 is 0 Å². The number of likely N-dealkylation sites (N-methyl/N-ethyl adjacent to an activating group) is 1. The van der Waals surface area contributed by atoms with E-state index in [9.17, 15) is 4.79 Å². The second-order valence-electron chi connectivity index (χ2n) is 4.26. The molecule has 0 saturated carbocycles. The van der Waals surface area contributed by atoms with Crippen LogP contribution in [0.4, 0.5) is 0 Å². The highest BCUT2D eigenvalue weighted by Gasteiger charge is 2.05.